The Morgan fingerprint density at radius 3 is 2.22 bits per heavy atom. The van der Waals surface area contributed by atoms with Crippen molar-refractivity contribution in [1.29, 1.82) is 0 Å². The lowest BCUT2D eigenvalue weighted by Gasteiger charge is -2.22. The van der Waals surface area contributed by atoms with Gasteiger partial charge >= 0.3 is 0 Å². The fourth-order valence-corrected chi connectivity index (χ4v) is 2.64. The predicted octanol–water partition coefficient (Wildman–Crippen LogP) is 1.30. The zero-order valence-electron chi connectivity index (χ0n) is 9.22. The first-order valence-corrected chi connectivity index (χ1v) is 5.55. The van der Waals surface area contributed by atoms with Crippen molar-refractivity contribution in [3.05, 3.63) is 33.9 Å². The van der Waals surface area contributed by atoms with E-state index in [1.807, 2.05) is 0 Å². The van der Waals surface area contributed by atoms with Crippen LogP contribution in [-0.4, -0.2) is 29.2 Å². The second-order valence-corrected chi connectivity index (χ2v) is 4.74. The Bertz CT molecular complexity index is 502. The summed E-state index contributed by atoms with van der Waals surface area (Å²) < 4.78 is 27.4. The van der Waals surface area contributed by atoms with Gasteiger partial charge in [-0.05, 0) is 0 Å². The number of nitro benzene ring substituents is 1. The van der Waals surface area contributed by atoms with E-state index in [4.69, 9.17) is 0 Å². The van der Waals surface area contributed by atoms with E-state index in [1.165, 1.54) is 4.90 Å². The van der Waals surface area contributed by atoms with Crippen LogP contribution < -0.4 is 4.90 Å². The van der Waals surface area contributed by atoms with Gasteiger partial charge in [0.25, 0.3) is 5.69 Å². The van der Waals surface area contributed by atoms with E-state index in [-0.39, 0.29) is 23.6 Å². The molecule has 0 radical (unpaired) electrons. The molecule has 96 valence electrons. The van der Waals surface area contributed by atoms with Gasteiger partial charge in [0.15, 0.2) is 11.6 Å². The summed E-state index contributed by atoms with van der Waals surface area (Å²) in [6.45, 7) is 0.773. The number of rotatable bonds is 2. The van der Waals surface area contributed by atoms with E-state index in [0.29, 0.717) is 13.1 Å². The Morgan fingerprint density at radius 2 is 1.78 bits per heavy atom. The van der Waals surface area contributed by atoms with Gasteiger partial charge in [0.05, 0.1) is 23.2 Å². The van der Waals surface area contributed by atoms with Gasteiger partial charge in [-0.2, -0.15) is 0 Å². The van der Waals surface area contributed by atoms with Crippen LogP contribution in [0.1, 0.15) is 0 Å². The lowest BCUT2D eigenvalue weighted by atomic mass is 10.2. The van der Waals surface area contributed by atoms with Gasteiger partial charge in [-0.25, -0.2) is 8.78 Å². The maximum Gasteiger partial charge on any atom is 0.275 e. The monoisotopic (exact) mass is 256 g/mol. The van der Waals surface area contributed by atoms with E-state index < -0.39 is 22.2 Å². The molecule has 1 aliphatic carbocycles. The molecular weight excluding hydrogens is 246 g/mol. The molecule has 1 aliphatic heterocycles. The highest BCUT2D eigenvalue weighted by atomic mass is 19.1. The fourth-order valence-electron chi connectivity index (χ4n) is 2.64. The maximum absolute atomic E-state index is 13.7. The van der Waals surface area contributed by atoms with Crippen LogP contribution in [0.25, 0.3) is 0 Å². The van der Waals surface area contributed by atoms with Crippen LogP contribution in [0.5, 0.6) is 0 Å². The first-order valence-electron chi connectivity index (χ1n) is 5.55. The van der Waals surface area contributed by atoms with Crippen molar-refractivity contribution in [2.45, 2.75) is 6.10 Å². The molecule has 1 N–H and O–H groups in total. The number of halogens is 2. The second kappa shape index (κ2) is 3.61. The standard InChI is InChI=1S/C11H10F2N2O3/c12-8-1-5(15(17)18)2-9(13)10(8)14-3-6-7(4-14)11(6)16/h1-2,6-7,11,16H,3-4H2/t6-,7?,11?/m1/s1. The van der Waals surface area contributed by atoms with Crippen LogP contribution in [0.2, 0.25) is 0 Å². The summed E-state index contributed by atoms with van der Waals surface area (Å²) in [6.07, 6.45) is -0.370. The quantitative estimate of drug-likeness (QED) is 0.639. The lowest BCUT2D eigenvalue weighted by molar-refractivity contribution is -0.385. The van der Waals surface area contributed by atoms with Gasteiger partial charge in [-0.15, -0.1) is 0 Å². The van der Waals surface area contributed by atoms with Gasteiger partial charge in [0.1, 0.15) is 5.69 Å². The molecule has 0 aromatic heterocycles. The number of nitro groups is 1. The van der Waals surface area contributed by atoms with Gasteiger partial charge in [-0.3, -0.25) is 10.1 Å². The van der Waals surface area contributed by atoms with Gasteiger partial charge in [-0.1, -0.05) is 0 Å². The normalized spacial score (nSPS) is 29.3. The average Bonchev–Trinajstić information content (AvgIpc) is 2.75. The van der Waals surface area contributed by atoms with E-state index in [0.717, 1.165) is 12.1 Å². The lowest BCUT2D eigenvalue weighted by Crippen LogP contribution is -2.27. The number of nitrogens with zero attached hydrogens (tertiary/aromatic N) is 2. The Hall–Kier alpha value is -1.76. The minimum absolute atomic E-state index is 0.0685. The molecule has 1 saturated carbocycles. The summed E-state index contributed by atoms with van der Waals surface area (Å²) in [7, 11) is 0. The van der Waals surface area contributed by atoms with Gasteiger partial charge in [0.2, 0.25) is 0 Å². The first-order chi connectivity index (χ1) is 8.49. The van der Waals surface area contributed by atoms with Crippen LogP contribution in [0.4, 0.5) is 20.2 Å². The van der Waals surface area contributed by atoms with Crippen LogP contribution in [0, 0.1) is 33.6 Å². The van der Waals surface area contributed by atoms with Crippen LogP contribution in [0.3, 0.4) is 0 Å². The first kappa shape index (κ1) is 11.3. The predicted molar refractivity (Wildman–Crippen MR) is 58.2 cm³/mol. The summed E-state index contributed by atoms with van der Waals surface area (Å²) in [5, 5.41) is 19.8. The van der Waals surface area contributed by atoms with Crippen molar-refractivity contribution >= 4 is 11.4 Å². The zero-order chi connectivity index (χ0) is 13.0. The third kappa shape index (κ3) is 1.54. The summed E-state index contributed by atoms with van der Waals surface area (Å²) in [6, 6.07) is 1.44. The van der Waals surface area contributed by atoms with Crippen molar-refractivity contribution in [3.63, 3.8) is 0 Å². The third-order valence-electron chi connectivity index (χ3n) is 3.68. The number of aliphatic hydroxyl groups excluding tert-OH is 1. The number of hydrogen-bond acceptors (Lipinski definition) is 4. The number of anilines is 1. The third-order valence-corrected chi connectivity index (χ3v) is 3.68. The molecule has 3 rings (SSSR count). The van der Waals surface area contributed by atoms with E-state index in [2.05, 4.69) is 0 Å². The molecule has 3 atom stereocenters. The van der Waals surface area contributed by atoms with Gasteiger partial charge in [0, 0.05) is 24.9 Å². The molecule has 5 nitrogen and oxygen atoms in total. The summed E-state index contributed by atoms with van der Waals surface area (Å²) in [5.74, 6) is -1.73. The molecule has 7 heteroatoms. The van der Waals surface area contributed by atoms with Crippen LogP contribution in [-0.2, 0) is 0 Å². The summed E-state index contributed by atoms with van der Waals surface area (Å²) in [4.78, 5) is 11.1. The SMILES string of the molecule is O=[N+]([O-])c1cc(F)c(N2CC3C(O)[C@@H]3C2)c(F)c1. The molecule has 18 heavy (non-hydrogen) atoms. The second-order valence-electron chi connectivity index (χ2n) is 4.74. The Kier molecular flexibility index (Phi) is 2.28. The molecule has 1 heterocycles. The van der Waals surface area contributed by atoms with Crippen LogP contribution >= 0.6 is 0 Å². The van der Waals surface area contributed by atoms with Gasteiger partial charge < -0.3 is 10.0 Å². The van der Waals surface area contributed by atoms with Crippen molar-refractivity contribution in [3.8, 4) is 0 Å². The molecular formula is C11H10F2N2O3. The highest BCUT2D eigenvalue weighted by molar-refractivity contribution is 5.55. The molecule has 2 unspecified atom stereocenters. The Balaban J connectivity index is 1.91. The van der Waals surface area contributed by atoms with E-state index in [9.17, 15) is 24.0 Å². The van der Waals surface area contributed by atoms with Crippen molar-refractivity contribution in [1.82, 2.24) is 0 Å². The molecule has 1 saturated heterocycles. The Morgan fingerprint density at radius 1 is 1.28 bits per heavy atom. The highest BCUT2D eigenvalue weighted by Gasteiger charge is 2.55. The largest absolute Gasteiger partial charge is 0.392 e. The fraction of sp³-hybridized carbons (Fsp3) is 0.455. The summed E-state index contributed by atoms with van der Waals surface area (Å²) >= 11 is 0. The molecule has 1 aromatic carbocycles. The zero-order valence-corrected chi connectivity index (χ0v) is 9.22. The topological polar surface area (TPSA) is 66.6 Å². The van der Waals surface area contributed by atoms with E-state index in [1.54, 1.807) is 0 Å². The minimum atomic E-state index is -0.933. The number of hydrogen-bond donors (Lipinski definition) is 1. The van der Waals surface area contributed by atoms with Crippen molar-refractivity contribution in [2.24, 2.45) is 11.8 Å². The smallest absolute Gasteiger partial charge is 0.275 e. The summed E-state index contributed by atoms with van der Waals surface area (Å²) in [5.41, 5.74) is -0.835. The number of fused-ring (bicyclic) bond motifs is 1. The number of non-ortho nitro benzene ring substituents is 1. The maximum atomic E-state index is 13.7. The molecule has 0 bridgehead atoms. The highest BCUT2D eigenvalue weighted by Crippen LogP contribution is 2.47. The number of benzene rings is 1. The Labute approximate surface area is 101 Å². The number of aliphatic hydroxyl groups is 1. The average molecular weight is 256 g/mol. The van der Waals surface area contributed by atoms with E-state index >= 15 is 0 Å². The molecule has 0 spiro atoms. The molecule has 2 fully saturated rings. The van der Waals surface area contributed by atoms with Crippen LogP contribution in [0.15, 0.2) is 12.1 Å². The van der Waals surface area contributed by atoms with Crippen molar-refractivity contribution < 1.29 is 18.8 Å². The number of piperidine rings is 1. The molecule has 0 amide bonds. The van der Waals surface area contributed by atoms with Crippen molar-refractivity contribution in [2.75, 3.05) is 18.0 Å². The molecule has 2 aliphatic rings. The molecule has 1 aromatic rings. The minimum Gasteiger partial charge on any atom is -0.392 e.